The number of hydrogen-bond donors (Lipinski definition) is 2. The molecule has 8 nitrogen and oxygen atoms in total. The fourth-order valence-corrected chi connectivity index (χ4v) is 3.09. The zero-order chi connectivity index (χ0) is 22.2. The van der Waals surface area contributed by atoms with E-state index in [1.54, 1.807) is 26.4 Å². The van der Waals surface area contributed by atoms with Gasteiger partial charge < -0.3 is 24.6 Å². The number of aliphatic imine (C=N–C) groups is 1. The van der Waals surface area contributed by atoms with Gasteiger partial charge in [-0.25, -0.2) is 4.99 Å². The summed E-state index contributed by atoms with van der Waals surface area (Å²) in [5, 5.41) is 11.3. The fourth-order valence-electron chi connectivity index (χ4n) is 2.96. The van der Waals surface area contributed by atoms with Crippen LogP contribution in [0.2, 0.25) is 5.02 Å². The Kier molecular flexibility index (Phi) is 7.72. The van der Waals surface area contributed by atoms with Crippen LogP contribution in [0.15, 0.2) is 52.0 Å². The van der Waals surface area contributed by atoms with E-state index in [0.717, 1.165) is 22.6 Å². The minimum atomic E-state index is -0.0878. The van der Waals surface area contributed by atoms with Gasteiger partial charge in [0.05, 0.1) is 20.3 Å². The first-order chi connectivity index (χ1) is 15.0. The second-order valence-electron chi connectivity index (χ2n) is 6.69. The van der Waals surface area contributed by atoms with Crippen molar-refractivity contribution < 1.29 is 14.0 Å². The van der Waals surface area contributed by atoms with Crippen LogP contribution < -0.4 is 20.1 Å². The monoisotopic (exact) mass is 443 g/mol. The zero-order valence-electron chi connectivity index (χ0n) is 18.0. The lowest BCUT2D eigenvalue weighted by Crippen LogP contribution is -2.38. The molecule has 1 unspecified atom stereocenters. The SMILES string of the molecule is CCNC(=NCc1nc(-c2ccc(Cl)cc2)no1)NC(C)c1cc(OC)ccc1OC. The second-order valence-corrected chi connectivity index (χ2v) is 7.12. The fraction of sp³-hybridized carbons (Fsp3) is 0.318. The lowest BCUT2D eigenvalue weighted by Gasteiger charge is -2.20. The molecule has 0 amide bonds. The van der Waals surface area contributed by atoms with Gasteiger partial charge in [-0.05, 0) is 56.3 Å². The van der Waals surface area contributed by atoms with Gasteiger partial charge in [0.25, 0.3) is 0 Å². The topological polar surface area (TPSA) is 93.8 Å². The summed E-state index contributed by atoms with van der Waals surface area (Å²) in [6.07, 6.45) is 0. The maximum atomic E-state index is 5.93. The Labute approximate surface area is 186 Å². The number of hydrogen-bond acceptors (Lipinski definition) is 6. The van der Waals surface area contributed by atoms with E-state index in [9.17, 15) is 0 Å². The first-order valence-corrected chi connectivity index (χ1v) is 10.3. The Hall–Kier alpha value is -3.26. The summed E-state index contributed by atoms with van der Waals surface area (Å²) in [4.78, 5) is 8.98. The summed E-state index contributed by atoms with van der Waals surface area (Å²) in [6, 6.07) is 12.9. The molecule has 9 heteroatoms. The summed E-state index contributed by atoms with van der Waals surface area (Å²) in [5.41, 5.74) is 1.78. The van der Waals surface area contributed by atoms with E-state index >= 15 is 0 Å². The van der Waals surface area contributed by atoms with Crippen molar-refractivity contribution in [2.75, 3.05) is 20.8 Å². The number of guanidine groups is 1. The highest BCUT2D eigenvalue weighted by Crippen LogP contribution is 2.29. The smallest absolute Gasteiger partial charge is 0.248 e. The summed E-state index contributed by atoms with van der Waals surface area (Å²) in [6.45, 7) is 4.96. The van der Waals surface area contributed by atoms with Crippen LogP contribution in [0, 0.1) is 0 Å². The number of benzene rings is 2. The minimum Gasteiger partial charge on any atom is -0.497 e. The summed E-state index contributed by atoms with van der Waals surface area (Å²) in [7, 11) is 3.28. The van der Waals surface area contributed by atoms with Gasteiger partial charge in [-0.2, -0.15) is 4.98 Å². The van der Waals surface area contributed by atoms with E-state index in [-0.39, 0.29) is 12.6 Å². The minimum absolute atomic E-state index is 0.0878. The Balaban J connectivity index is 1.73. The molecule has 0 bridgehead atoms. The Bertz CT molecular complexity index is 1020. The number of nitrogens with zero attached hydrogens (tertiary/aromatic N) is 3. The molecule has 0 aliphatic heterocycles. The third-order valence-corrected chi connectivity index (χ3v) is 4.80. The molecular formula is C22H26ClN5O3. The molecule has 164 valence electrons. The van der Waals surface area contributed by atoms with Crippen LogP contribution in [-0.2, 0) is 6.54 Å². The lowest BCUT2D eigenvalue weighted by atomic mass is 10.1. The van der Waals surface area contributed by atoms with E-state index in [1.807, 2.05) is 44.2 Å². The van der Waals surface area contributed by atoms with E-state index in [1.165, 1.54) is 0 Å². The molecule has 1 atom stereocenters. The molecule has 0 aliphatic rings. The highest BCUT2D eigenvalue weighted by Gasteiger charge is 2.15. The Morgan fingerprint density at radius 3 is 2.61 bits per heavy atom. The van der Waals surface area contributed by atoms with Gasteiger partial charge in [0, 0.05) is 22.7 Å². The summed E-state index contributed by atoms with van der Waals surface area (Å²) >= 11 is 5.93. The number of rotatable bonds is 8. The normalized spacial score (nSPS) is 12.4. The van der Waals surface area contributed by atoms with Gasteiger partial charge in [0.15, 0.2) is 5.96 Å². The van der Waals surface area contributed by atoms with Crippen molar-refractivity contribution in [1.29, 1.82) is 0 Å². The van der Waals surface area contributed by atoms with Crippen molar-refractivity contribution in [1.82, 2.24) is 20.8 Å². The molecule has 2 aromatic carbocycles. The number of methoxy groups -OCH3 is 2. The average Bonchev–Trinajstić information content (AvgIpc) is 3.26. The van der Waals surface area contributed by atoms with Crippen molar-refractivity contribution in [2.24, 2.45) is 4.99 Å². The Morgan fingerprint density at radius 2 is 1.94 bits per heavy atom. The van der Waals surface area contributed by atoms with Crippen molar-refractivity contribution >= 4 is 17.6 Å². The zero-order valence-corrected chi connectivity index (χ0v) is 18.7. The Morgan fingerprint density at radius 1 is 1.16 bits per heavy atom. The average molecular weight is 444 g/mol. The molecule has 1 aromatic heterocycles. The number of nitrogens with one attached hydrogen (secondary N) is 2. The molecular weight excluding hydrogens is 418 g/mol. The number of ether oxygens (including phenoxy) is 2. The summed E-state index contributed by atoms with van der Waals surface area (Å²) in [5.74, 6) is 3.04. The first-order valence-electron chi connectivity index (χ1n) is 9.89. The standard InChI is InChI=1S/C22H26ClN5O3/c1-5-24-22(26-14(2)18-12-17(29-3)10-11-19(18)30-4)25-13-20-27-21(28-31-20)15-6-8-16(23)9-7-15/h6-12,14H,5,13H2,1-4H3,(H2,24,25,26). The molecule has 2 N–H and O–H groups in total. The highest BCUT2D eigenvalue weighted by atomic mass is 35.5. The van der Waals surface area contributed by atoms with Crippen LogP contribution in [0.3, 0.4) is 0 Å². The molecule has 31 heavy (non-hydrogen) atoms. The van der Waals surface area contributed by atoms with Crippen LogP contribution in [0.4, 0.5) is 0 Å². The van der Waals surface area contributed by atoms with E-state index in [2.05, 4.69) is 25.8 Å². The van der Waals surface area contributed by atoms with Crippen LogP contribution in [0.5, 0.6) is 11.5 Å². The van der Waals surface area contributed by atoms with Gasteiger partial charge in [-0.15, -0.1) is 0 Å². The molecule has 0 fully saturated rings. The molecule has 0 radical (unpaired) electrons. The van der Waals surface area contributed by atoms with Gasteiger partial charge in [0.1, 0.15) is 18.0 Å². The predicted octanol–water partition coefficient (Wildman–Crippen LogP) is 4.22. The van der Waals surface area contributed by atoms with E-state index < -0.39 is 0 Å². The van der Waals surface area contributed by atoms with Crippen LogP contribution >= 0.6 is 11.6 Å². The largest absolute Gasteiger partial charge is 0.497 e. The number of halogens is 1. The van der Waals surface area contributed by atoms with Crippen molar-refractivity contribution in [3.63, 3.8) is 0 Å². The quantitative estimate of drug-likeness (QED) is 0.397. The third-order valence-electron chi connectivity index (χ3n) is 4.54. The van der Waals surface area contributed by atoms with E-state index in [0.29, 0.717) is 29.2 Å². The second kappa shape index (κ2) is 10.7. The predicted molar refractivity (Wildman–Crippen MR) is 121 cm³/mol. The molecule has 3 aromatic rings. The lowest BCUT2D eigenvalue weighted by molar-refractivity contribution is 0.380. The first kappa shape index (κ1) is 22.4. The third kappa shape index (κ3) is 5.88. The van der Waals surface area contributed by atoms with Gasteiger partial charge in [-0.1, -0.05) is 16.8 Å². The van der Waals surface area contributed by atoms with Crippen molar-refractivity contribution in [3.8, 4) is 22.9 Å². The van der Waals surface area contributed by atoms with Gasteiger partial charge >= 0.3 is 0 Å². The van der Waals surface area contributed by atoms with Crippen LogP contribution in [0.25, 0.3) is 11.4 Å². The molecule has 0 saturated carbocycles. The number of aromatic nitrogens is 2. The van der Waals surface area contributed by atoms with Crippen LogP contribution in [0.1, 0.15) is 31.3 Å². The molecule has 1 heterocycles. The van der Waals surface area contributed by atoms with Gasteiger partial charge in [-0.3, -0.25) is 0 Å². The van der Waals surface area contributed by atoms with Crippen molar-refractivity contribution in [3.05, 3.63) is 58.9 Å². The molecule has 0 aliphatic carbocycles. The highest BCUT2D eigenvalue weighted by molar-refractivity contribution is 6.30. The molecule has 3 rings (SSSR count). The molecule has 0 saturated heterocycles. The van der Waals surface area contributed by atoms with Crippen molar-refractivity contribution in [2.45, 2.75) is 26.4 Å². The maximum Gasteiger partial charge on any atom is 0.248 e. The van der Waals surface area contributed by atoms with Crippen LogP contribution in [-0.4, -0.2) is 36.9 Å². The summed E-state index contributed by atoms with van der Waals surface area (Å²) < 4.78 is 16.2. The van der Waals surface area contributed by atoms with E-state index in [4.69, 9.17) is 25.6 Å². The van der Waals surface area contributed by atoms with Gasteiger partial charge in [0.2, 0.25) is 11.7 Å². The maximum absolute atomic E-state index is 5.93. The molecule has 0 spiro atoms.